The second-order valence-corrected chi connectivity index (χ2v) is 13.2. The molecular weight excluding hydrogens is 582 g/mol. The molecule has 10 nitrogen and oxygen atoms in total. The first-order valence-electron chi connectivity index (χ1n) is 16.7. The average molecular weight is 638 g/mol. The molecule has 2 aromatic carbocycles. The molecule has 10 heteroatoms. The normalized spacial score (nSPS) is 14.7. The monoisotopic (exact) mass is 637 g/mol. The van der Waals surface area contributed by atoms with Crippen molar-refractivity contribution in [1.82, 2.24) is 15.1 Å². The third-order valence-corrected chi connectivity index (χ3v) is 8.36. The van der Waals surface area contributed by atoms with Crippen molar-refractivity contribution < 1.29 is 24.2 Å². The van der Waals surface area contributed by atoms with Crippen molar-refractivity contribution in [3.63, 3.8) is 0 Å². The van der Waals surface area contributed by atoms with Crippen LogP contribution in [0.15, 0.2) is 47.5 Å². The fourth-order valence-corrected chi connectivity index (χ4v) is 5.60. The van der Waals surface area contributed by atoms with E-state index in [0.717, 1.165) is 74.2 Å². The molecule has 0 aliphatic carbocycles. The highest BCUT2D eigenvalue weighted by Gasteiger charge is 2.30. The van der Waals surface area contributed by atoms with E-state index < -0.39 is 11.6 Å². The molecule has 1 aliphatic heterocycles. The lowest BCUT2D eigenvalue weighted by Crippen LogP contribution is -2.48. The number of hydrogen-bond donors (Lipinski definition) is 3. The van der Waals surface area contributed by atoms with Gasteiger partial charge in [-0.25, -0.2) is 4.79 Å². The van der Waals surface area contributed by atoms with Crippen LogP contribution in [0.4, 0.5) is 4.79 Å². The van der Waals surface area contributed by atoms with Gasteiger partial charge in [0, 0.05) is 57.3 Å². The Kier molecular flexibility index (Phi) is 14.8. The zero-order valence-corrected chi connectivity index (χ0v) is 28.5. The van der Waals surface area contributed by atoms with E-state index >= 15 is 0 Å². The van der Waals surface area contributed by atoms with Crippen LogP contribution in [-0.4, -0.2) is 84.9 Å². The maximum absolute atomic E-state index is 12.4. The summed E-state index contributed by atoms with van der Waals surface area (Å²) in [5.74, 6) is 1.19. The van der Waals surface area contributed by atoms with Gasteiger partial charge in [0.1, 0.15) is 5.75 Å². The minimum absolute atomic E-state index is 0.156. The van der Waals surface area contributed by atoms with E-state index in [1.54, 1.807) is 12.0 Å². The summed E-state index contributed by atoms with van der Waals surface area (Å²) < 4.78 is 11.4. The molecule has 0 saturated carbocycles. The Morgan fingerprint density at radius 3 is 2.39 bits per heavy atom. The number of nitrogens with zero attached hydrogens (tertiary/aromatic N) is 3. The summed E-state index contributed by atoms with van der Waals surface area (Å²) in [5.41, 5.74) is 9.78. The van der Waals surface area contributed by atoms with Gasteiger partial charge in [0.25, 0.3) is 0 Å². The summed E-state index contributed by atoms with van der Waals surface area (Å²) in [6.45, 7) is 13.1. The number of hydrogen-bond acceptors (Lipinski definition) is 6. The molecule has 0 bridgehead atoms. The minimum Gasteiger partial charge on any atom is -0.493 e. The number of piperidine rings is 1. The van der Waals surface area contributed by atoms with Crippen LogP contribution in [0.5, 0.6) is 5.75 Å². The predicted octanol–water partition coefficient (Wildman–Crippen LogP) is 5.92. The number of likely N-dealkylation sites (tertiary alicyclic amines) is 1. The third kappa shape index (κ3) is 12.3. The molecule has 1 heterocycles. The predicted molar refractivity (Wildman–Crippen MR) is 184 cm³/mol. The van der Waals surface area contributed by atoms with Gasteiger partial charge < -0.3 is 25.2 Å². The van der Waals surface area contributed by atoms with Crippen molar-refractivity contribution in [3.8, 4) is 16.9 Å². The van der Waals surface area contributed by atoms with Gasteiger partial charge in [-0.3, -0.25) is 20.0 Å². The lowest BCUT2D eigenvalue weighted by atomic mass is 9.93. The standard InChI is InChI=1S/C36H55N5O5/c1-6-7-19-38-34(37)39-33(42)16-12-27-11-15-31(32(24-27)46-23-8-22-45-5)30-13-9-28(10-14-30)25-40-20-17-29(18-21-40)26-41(35(43)44)36(2,3)4/h9-11,13-15,24,29H,6-8,12,16-23,25-26H2,1-5H3,(H,43,44)(H3,37,38,39,42). The second-order valence-electron chi connectivity index (χ2n) is 13.2. The molecule has 2 aromatic rings. The fraction of sp³-hybridized carbons (Fsp3) is 0.583. The van der Waals surface area contributed by atoms with Crippen LogP contribution in [0.25, 0.3) is 11.1 Å². The summed E-state index contributed by atoms with van der Waals surface area (Å²) in [6, 6.07) is 14.8. The van der Waals surface area contributed by atoms with E-state index in [9.17, 15) is 14.7 Å². The number of ether oxygens (including phenoxy) is 2. The Morgan fingerprint density at radius 2 is 1.76 bits per heavy atom. The largest absolute Gasteiger partial charge is 0.493 e. The van der Waals surface area contributed by atoms with Gasteiger partial charge in [0.05, 0.1) is 6.61 Å². The second kappa shape index (κ2) is 18.5. The molecule has 3 rings (SSSR count). The molecule has 0 aromatic heterocycles. The maximum Gasteiger partial charge on any atom is 0.407 e. The van der Waals surface area contributed by atoms with E-state index in [-0.39, 0.29) is 11.9 Å². The number of methoxy groups -OCH3 is 1. The van der Waals surface area contributed by atoms with Crippen LogP contribution in [-0.2, 0) is 22.5 Å². The molecule has 1 fully saturated rings. The number of carboxylic acid groups (broad SMARTS) is 1. The number of benzene rings is 2. The number of nitrogens with two attached hydrogens (primary N) is 1. The molecule has 0 atom stereocenters. The molecule has 0 unspecified atom stereocenters. The first kappa shape index (κ1) is 36.8. The number of rotatable bonds is 16. The van der Waals surface area contributed by atoms with Crippen LogP contribution in [0.2, 0.25) is 0 Å². The molecule has 46 heavy (non-hydrogen) atoms. The summed E-state index contributed by atoms with van der Waals surface area (Å²) in [7, 11) is 1.68. The van der Waals surface area contributed by atoms with Crippen molar-refractivity contribution in [3.05, 3.63) is 53.6 Å². The lowest BCUT2D eigenvalue weighted by Gasteiger charge is -2.39. The van der Waals surface area contributed by atoms with Gasteiger partial charge in [-0.2, -0.15) is 0 Å². The van der Waals surface area contributed by atoms with Crippen molar-refractivity contribution in [1.29, 1.82) is 0 Å². The summed E-state index contributed by atoms with van der Waals surface area (Å²) in [4.78, 5) is 32.4. The van der Waals surface area contributed by atoms with Gasteiger partial charge >= 0.3 is 6.09 Å². The van der Waals surface area contributed by atoms with Crippen molar-refractivity contribution in [2.24, 2.45) is 16.6 Å². The smallest absolute Gasteiger partial charge is 0.407 e. The maximum atomic E-state index is 12.4. The van der Waals surface area contributed by atoms with Gasteiger partial charge in [0.2, 0.25) is 5.91 Å². The average Bonchev–Trinajstić information content (AvgIpc) is 3.01. The highest BCUT2D eigenvalue weighted by atomic mass is 16.5. The molecule has 1 aliphatic rings. The van der Waals surface area contributed by atoms with Crippen molar-refractivity contribution in [2.75, 3.05) is 46.5 Å². The van der Waals surface area contributed by atoms with Crippen LogP contribution < -0.4 is 15.8 Å². The Labute approximate surface area is 275 Å². The summed E-state index contributed by atoms with van der Waals surface area (Å²) in [6.07, 6.45) is 4.74. The quantitative estimate of drug-likeness (QED) is 0.118. The zero-order valence-electron chi connectivity index (χ0n) is 28.5. The first-order valence-corrected chi connectivity index (χ1v) is 16.7. The molecule has 1 saturated heterocycles. The van der Waals surface area contributed by atoms with Crippen LogP contribution >= 0.6 is 0 Å². The Balaban J connectivity index is 1.60. The van der Waals surface area contributed by atoms with E-state index in [2.05, 4.69) is 52.5 Å². The van der Waals surface area contributed by atoms with Crippen molar-refractivity contribution >= 4 is 18.0 Å². The number of nitrogens with one attached hydrogen (secondary N) is 1. The summed E-state index contributed by atoms with van der Waals surface area (Å²) in [5, 5.41) is 12.3. The molecule has 0 radical (unpaired) electrons. The molecule has 254 valence electrons. The van der Waals surface area contributed by atoms with Gasteiger partial charge in [-0.15, -0.1) is 0 Å². The van der Waals surface area contributed by atoms with Crippen molar-refractivity contribution in [2.45, 2.75) is 84.7 Å². The van der Waals surface area contributed by atoms with E-state index in [4.69, 9.17) is 15.2 Å². The molecule has 0 spiro atoms. The number of unbranched alkanes of at least 4 members (excludes halogenated alkanes) is 1. The Morgan fingerprint density at radius 1 is 1.07 bits per heavy atom. The lowest BCUT2D eigenvalue weighted by molar-refractivity contribution is -0.119. The summed E-state index contributed by atoms with van der Waals surface area (Å²) >= 11 is 0. The molecular formula is C36H55N5O5. The molecule has 4 N–H and O–H groups in total. The molecule has 2 amide bonds. The number of guanidine groups is 1. The van der Waals surface area contributed by atoms with Crippen LogP contribution in [0.1, 0.15) is 77.3 Å². The van der Waals surface area contributed by atoms with E-state index in [1.165, 1.54) is 5.56 Å². The van der Waals surface area contributed by atoms with Gasteiger partial charge in [-0.1, -0.05) is 49.7 Å². The Bertz CT molecular complexity index is 1270. The highest BCUT2D eigenvalue weighted by molar-refractivity contribution is 5.96. The van der Waals surface area contributed by atoms with Gasteiger partial charge in [0.15, 0.2) is 5.96 Å². The Hall–Kier alpha value is -3.63. The van der Waals surface area contributed by atoms with E-state index in [1.807, 2.05) is 32.9 Å². The van der Waals surface area contributed by atoms with Gasteiger partial charge in [-0.05, 0) is 88.2 Å². The first-order chi connectivity index (χ1) is 22.0. The van der Waals surface area contributed by atoms with E-state index in [0.29, 0.717) is 45.1 Å². The number of carbonyl (C=O) groups excluding carboxylic acids is 1. The number of carbonyl (C=O) groups is 2. The third-order valence-electron chi connectivity index (χ3n) is 8.36. The fourth-order valence-electron chi connectivity index (χ4n) is 5.60. The highest BCUT2D eigenvalue weighted by Crippen LogP contribution is 2.32. The number of aryl methyl sites for hydroxylation is 1. The van der Waals surface area contributed by atoms with Crippen LogP contribution in [0, 0.1) is 5.92 Å². The van der Waals surface area contributed by atoms with Crippen LogP contribution in [0.3, 0.4) is 0 Å². The minimum atomic E-state index is -0.842. The topological polar surface area (TPSA) is 130 Å². The number of amides is 2. The zero-order chi connectivity index (χ0) is 33.5. The SMILES string of the molecule is CCCCN=C(N)NC(=O)CCc1ccc(-c2ccc(CN3CCC(CN(C(=O)O)C(C)(C)C)CC3)cc2)c(OCCCOC)c1. The number of aliphatic imine (C=N–C) groups is 1.